The molecule has 104 valence electrons. The quantitative estimate of drug-likeness (QED) is 0.809. The van der Waals surface area contributed by atoms with Crippen molar-refractivity contribution in [1.82, 2.24) is 4.90 Å². The molecule has 0 saturated carbocycles. The van der Waals surface area contributed by atoms with Gasteiger partial charge in [0.2, 0.25) is 0 Å². The standard InChI is InChI=1S/C14H19FN2O2/c1-14(9-18,10-19)8-17(2)7-11-3-4-13(15)12(5-11)6-16/h3-5,18-19H,7-10H2,1-2H3. The zero-order valence-corrected chi connectivity index (χ0v) is 11.2. The van der Waals surface area contributed by atoms with E-state index in [0.717, 1.165) is 5.56 Å². The molecule has 2 N–H and O–H groups in total. The van der Waals surface area contributed by atoms with Gasteiger partial charge in [-0.25, -0.2) is 4.39 Å². The Morgan fingerprint density at radius 2 is 2.00 bits per heavy atom. The van der Waals surface area contributed by atoms with Gasteiger partial charge >= 0.3 is 0 Å². The van der Waals surface area contributed by atoms with Crippen LogP contribution < -0.4 is 0 Å². The number of halogens is 1. The number of aliphatic hydroxyl groups is 2. The lowest BCUT2D eigenvalue weighted by Crippen LogP contribution is -2.38. The average Bonchev–Trinajstić information content (AvgIpc) is 2.40. The summed E-state index contributed by atoms with van der Waals surface area (Å²) in [5, 5.41) is 27.2. The molecular weight excluding hydrogens is 247 g/mol. The van der Waals surface area contributed by atoms with Crippen molar-refractivity contribution in [3.8, 4) is 6.07 Å². The van der Waals surface area contributed by atoms with Gasteiger partial charge in [-0.1, -0.05) is 13.0 Å². The van der Waals surface area contributed by atoms with Crippen molar-refractivity contribution in [2.24, 2.45) is 5.41 Å². The fourth-order valence-corrected chi connectivity index (χ4v) is 1.93. The topological polar surface area (TPSA) is 67.5 Å². The third-order valence-corrected chi connectivity index (χ3v) is 3.02. The maximum Gasteiger partial charge on any atom is 0.140 e. The summed E-state index contributed by atoms with van der Waals surface area (Å²) in [6.07, 6.45) is 0. The maximum atomic E-state index is 13.2. The largest absolute Gasteiger partial charge is 0.396 e. The van der Waals surface area contributed by atoms with Crippen molar-refractivity contribution in [3.05, 3.63) is 35.1 Å². The summed E-state index contributed by atoms with van der Waals surface area (Å²) in [7, 11) is 1.85. The van der Waals surface area contributed by atoms with E-state index in [1.54, 1.807) is 19.1 Å². The third kappa shape index (κ3) is 4.28. The molecule has 0 amide bonds. The molecule has 0 radical (unpaired) electrons. The van der Waals surface area contributed by atoms with Crippen molar-refractivity contribution in [1.29, 1.82) is 5.26 Å². The minimum Gasteiger partial charge on any atom is -0.396 e. The number of benzene rings is 1. The summed E-state index contributed by atoms with van der Waals surface area (Å²) in [5.74, 6) is -0.524. The van der Waals surface area contributed by atoms with Gasteiger partial charge in [0, 0.05) is 18.5 Å². The Labute approximate surface area is 112 Å². The van der Waals surface area contributed by atoms with Crippen LogP contribution in [-0.2, 0) is 6.54 Å². The van der Waals surface area contributed by atoms with Crippen LogP contribution in [0.2, 0.25) is 0 Å². The Balaban J connectivity index is 2.72. The number of nitrogens with zero attached hydrogens (tertiary/aromatic N) is 2. The van der Waals surface area contributed by atoms with Gasteiger partial charge in [0.15, 0.2) is 0 Å². The van der Waals surface area contributed by atoms with Crippen LogP contribution in [0, 0.1) is 22.6 Å². The normalized spacial score (nSPS) is 11.6. The van der Waals surface area contributed by atoms with E-state index >= 15 is 0 Å². The first-order valence-corrected chi connectivity index (χ1v) is 6.03. The van der Waals surface area contributed by atoms with Crippen molar-refractivity contribution in [2.45, 2.75) is 13.5 Å². The van der Waals surface area contributed by atoms with E-state index in [1.165, 1.54) is 12.1 Å². The molecule has 19 heavy (non-hydrogen) atoms. The average molecular weight is 266 g/mol. The molecule has 1 rings (SSSR count). The predicted octanol–water partition coefficient (Wildman–Crippen LogP) is 1.12. The molecule has 0 aliphatic rings. The zero-order valence-electron chi connectivity index (χ0n) is 11.2. The molecule has 0 saturated heterocycles. The highest BCUT2D eigenvalue weighted by Gasteiger charge is 2.24. The van der Waals surface area contributed by atoms with Gasteiger partial charge in [-0.2, -0.15) is 5.26 Å². The summed E-state index contributed by atoms with van der Waals surface area (Å²) >= 11 is 0. The number of hydrogen-bond acceptors (Lipinski definition) is 4. The number of nitriles is 1. The summed E-state index contributed by atoms with van der Waals surface area (Å²) < 4.78 is 13.2. The molecule has 0 aliphatic heterocycles. The van der Waals surface area contributed by atoms with E-state index in [1.807, 2.05) is 11.9 Å². The van der Waals surface area contributed by atoms with Gasteiger partial charge in [-0.3, -0.25) is 0 Å². The molecule has 0 aromatic heterocycles. The van der Waals surface area contributed by atoms with E-state index in [-0.39, 0.29) is 18.8 Å². The number of aliphatic hydroxyl groups excluding tert-OH is 2. The fraction of sp³-hybridized carbons (Fsp3) is 0.500. The molecule has 4 nitrogen and oxygen atoms in total. The van der Waals surface area contributed by atoms with E-state index in [4.69, 9.17) is 5.26 Å². The van der Waals surface area contributed by atoms with Crippen molar-refractivity contribution < 1.29 is 14.6 Å². The fourth-order valence-electron chi connectivity index (χ4n) is 1.93. The molecule has 0 spiro atoms. The second-order valence-electron chi connectivity index (χ2n) is 5.23. The van der Waals surface area contributed by atoms with Crippen LogP contribution in [-0.4, -0.2) is 41.9 Å². The highest BCUT2D eigenvalue weighted by molar-refractivity contribution is 5.34. The maximum absolute atomic E-state index is 13.2. The third-order valence-electron chi connectivity index (χ3n) is 3.02. The second kappa shape index (κ2) is 6.62. The van der Waals surface area contributed by atoms with Crippen LogP contribution in [0.3, 0.4) is 0 Å². The lowest BCUT2D eigenvalue weighted by molar-refractivity contribution is 0.0402. The predicted molar refractivity (Wildman–Crippen MR) is 69.7 cm³/mol. The zero-order chi connectivity index (χ0) is 14.5. The first-order valence-electron chi connectivity index (χ1n) is 6.03. The van der Waals surface area contributed by atoms with Crippen LogP contribution in [0.25, 0.3) is 0 Å². The van der Waals surface area contributed by atoms with Crippen LogP contribution >= 0.6 is 0 Å². The van der Waals surface area contributed by atoms with Crippen molar-refractivity contribution in [3.63, 3.8) is 0 Å². The first kappa shape index (κ1) is 15.6. The van der Waals surface area contributed by atoms with Crippen LogP contribution in [0.15, 0.2) is 18.2 Å². The Bertz CT molecular complexity index is 467. The summed E-state index contributed by atoms with van der Waals surface area (Å²) in [5.41, 5.74) is 0.268. The Hall–Kier alpha value is -1.48. The van der Waals surface area contributed by atoms with Gasteiger partial charge in [0.1, 0.15) is 11.9 Å². The monoisotopic (exact) mass is 266 g/mol. The number of hydrogen-bond donors (Lipinski definition) is 2. The molecule has 5 heteroatoms. The van der Waals surface area contributed by atoms with Crippen LogP contribution in [0.4, 0.5) is 4.39 Å². The van der Waals surface area contributed by atoms with E-state index in [0.29, 0.717) is 13.1 Å². The van der Waals surface area contributed by atoms with Crippen molar-refractivity contribution >= 4 is 0 Å². The molecule has 0 atom stereocenters. The van der Waals surface area contributed by atoms with Gasteiger partial charge in [0.05, 0.1) is 18.8 Å². The minimum atomic E-state index is -0.577. The summed E-state index contributed by atoms with van der Waals surface area (Å²) in [4.78, 5) is 1.92. The van der Waals surface area contributed by atoms with E-state index in [2.05, 4.69) is 0 Å². The van der Waals surface area contributed by atoms with Crippen LogP contribution in [0.5, 0.6) is 0 Å². The van der Waals surface area contributed by atoms with Gasteiger partial charge < -0.3 is 15.1 Å². The molecule has 0 bridgehead atoms. The van der Waals surface area contributed by atoms with Crippen molar-refractivity contribution in [2.75, 3.05) is 26.8 Å². The Morgan fingerprint density at radius 1 is 1.37 bits per heavy atom. The van der Waals surface area contributed by atoms with E-state index in [9.17, 15) is 14.6 Å². The molecule has 0 unspecified atom stereocenters. The highest BCUT2D eigenvalue weighted by Crippen LogP contribution is 2.18. The number of rotatable bonds is 6. The highest BCUT2D eigenvalue weighted by atomic mass is 19.1. The minimum absolute atomic E-state index is 0.0259. The van der Waals surface area contributed by atoms with Gasteiger partial charge in [-0.05, 0) is 24.7 Å². The van der Waals surface area contributed by atoms with E-state index < -0.39 is 11.2 Å². The summed E-state index contributed by atoms with van der Waals surface area (Å²) in [6, 6.07) is 6.22. The molecular formula is C14H19FN2O2. The second-order valence-corrected chi connectivity index (χ2v) is 5.23. The summed E-state index contributed by atoms with van der Waals surface area (Å²) in [6.45, 7) is 2.58. The van der Waals surface area contributed by atoms with Gasteiger partial charge in [0.25, 0.3) is 0 Å². The smallest absolute Gasteiger partial charge is 0.140 e. The molecule has 0 heterocycles. The molecule has 1 aromatic carbocycles. The Morgan fingerprint density at radius 3 is 2.53 bits per heavy atom. The molecule has 0 fully saturated rings. The lowest BCUT2D eigenvalue weighted by Gasteiger charge is -2.30. The first-order chi connectivity index (χ1) is 8.94. The lowest BCUT2D eigenvalue weighted by atomic mass is 9.92. The Kier molecular flexibility index (Phi) is 5.43. The molecule has 1 aromatic rings. The SMILES string of the molecule is CN(Cc1ccc(F)c(C#N)c1)CC(C)(CO)CO. The van der Waals surface area contributed by atoms with Crippen LogP contribution in [0.1, 0.15) is 18.1 Å². The van der Waals surface area contributed by atoms with Gasteiger partial charge in [-0.15, -0.1) is 0 Å². The molecule has 0 aliphatic carbocycles.